The SMILES string of the molecule is Cc1cc(C)c2c(c1)Cc1cc(C)cc(C)c1B2c1ccc(-c2cc3c(sc4ccc5ccccc5c43)c3nc4cc5cc6ccccc6cc5cc4n23)cc1. The van der Waals surface area contributed by atoms with Gasteiger partial charge in [-0.05, 0) is 120 Å². The van der Waals surface area contributed by atoms with Crippen LogP contribution in [0.3, 0.4) is 0 Å². The van der Waals surface area contributed by atoms with Gasteiger partial charge in [-0.2, -0.15) is 0 Å². The number of aryl methyl sites for hydroxylation is 4. The molecule has 56 heavy (non-hydrogen) atoms. The van der Waals surface area contributed by atoms with Crippen LogP contribution < -0.4 is 16.4 Å². The van der Waals surface area contributed by atoms with Crippen LogP contribution >= 0.6 is 11.3 Å². The molecule has 0 saturated heterocycles. The second kappa shape index (κ2) is 11.6. The minimum atomic E-state index is 0.189. The molecule has 0 amide bonds. The molecule has 2 nitrogen and oxygen atoms in total. The number of aromatic nitrogens is 2. The largest absolute Gasteiger partial charge is 0.291 e. The van der Waals surface area contributed by atoms with E-state index in [2.05, 4.69) is 172 Å². The zero-order chi connectivity index (χ0) is 37.4. The summed E-state index contributed by atoms with van der Waals surface area (Å²) in [4.78, 5) is 5.48. The van der Waals surface area contributed by atoms with Gasteiger partial charge in [-0.25, -0.2) is 4.98 Å². The van der Waals surface area contributed by atoms with Crippen LogP contribution in [-0.2, 0) is 6.42 Å². The smallest absolute Gasteiger partial charge is 0.242 e. The number of fused-ring (bicyclic) bond motifs is 13. The van der Waals surface area contributed by atoms with Crippen LogP contribution in [0.1, 0.15) is 33.4 Å². The van der Waals surface area contributed by atoms with E-state index in [1.165, 1.54) is 108 Å². The van der Waals surface area contributed by atoms with Crippen LogP contribution in [0.5, 0.6) is 0 Å². The van der Waals surface area contributed by atoms with Crippen molar-refractivity contribution < 1.29 is 0 Å². The average Bonchev–Trinajstić information content (AvgIpc) is 3.76. The van der Waals surface area contributed by atoms with Gasteiger partial charge in [-0.1, -0.05) is 142 Å². The van der Waals surface area contributed by atoms with Crippen LogP contribution in [0.25, 0.3) is 80.4 Å². The van der Waals surface area contributed by atoms with Crippen molar-refractivity contribution in [2.24, 2.45) is 0 Å². The molecule has 0 atom stereocenters. The van der Waals surface area contributed by atoms with E-state index in [-0.39, 0.29) is 6.71 Å². The highest BCUT2D eigenvalue weighted by Gasteiger charge is 2.33. The van der Waals surface area contributed by atoms with E-state index in [0.29, 0.717) is 0 Å². The lowest BCUT2D eigenvalue weighted by molar-refractivity contribution is 1.16. The molecule has 0 spiro atoms. The topological polar surface area (TPSA) is 17.3 Å². The van der Waals surface area contributed by atoms with E-state index < -0.39 is 0 Å². The number of benzene rings is 8. The lowest BCUT2D eigenvalue weighted by Crippen LogP contribution is -2.58. The molecule has 11 aromatic rings. The fourth-order valence-electron chi connectivity index (χ4n) is 10.3. The van der Waals surface area contributed by atoms with Gasteiger partial charge < -0.3 is 0 Å². The summed E-state index contributed by atoms with van der Waals surface area (Å²) in [6.45, 7) is 9.26. The Bertz CT molecular complexity index is 3440. The maximum Gasteiger partial charge on any atom is 0.242 e. The van der Waals surface area contributed by atoms with E-state index in [1.54, 1.807) is 0 Å². The monoisotopic (exact) mass is 732 g/mol. The minimum absolute atomic E-state index is 0.189. The number of imidazole rings is 1. The lowest BCUT2D eigenvalue weighted by atomic mass is 9.32. The Labute approximate surface area is 329 Å². The molecule has 1 aliphatic heterocycles. The average molecular weight is 733 g/mol. The second-order valence-corrected chi connectivity index (χ2v) is 17.3. The zero-order valence-corrected chi connectivity index (χ0v) is 32.7. The first-order valence-corrected chi connectivity index (χ1v) is 20.5. The van der Waals surface area contributed by atoms with Crippen LogP contribution in [-0.4, -0.2) is 16.1 Å². The molecular formula is C52H37BN2S. The van der Waals surface area contributed by atoms with Crippen molar-refractivity contribution in [1.82, 2.24) is 9.38 Å². The molecule has 8 aromatic carbocycles. The summed E-state index contributed by atoms with van der Waals surface area (Å²) in [6.07, 6.45) is 0.990. The Morgan fingerprint density at radius 2 is 1.21 bits per heavy atom. The Kier molecular flexibility index (Phi) is 6.67. The van der Waals surface area contributed by atoms with Gasteiger partial charge in [0.15, 0.2) is 5.65 Å². The maximum atomic E-state index is 5.48. The summed E-state index contributed by atoms with van der Waals surface area (Å²) in [5, 5.41) is 10.1. The van der Waals surface area contributed by atoms with Gasteiger partial charge in [0.2, 0.25) is 6.71 Å². The molecular weight excluding hydrogens is 695 g/mol. The quantitative estimate of drug-likeness (QED) is 0.128. The Hall–Kier alpha value is -6.23. The van der Waals surface area contributed by atoms with Gasteiger partial charge in [0.05, 0.1) is 21.4 Å². The summed E-state index contributed by atoms with van der Waals surface area (Å²) in [6, 6.07) is 52.8. The molecule has 0 saturated carbocycles. The van der Waals surface area contributed by atoms with Gasteiger partial charge in [-0.15, -0.1) is 11.3 Å². The highest BCUT2D eigenvalue weighted by Crippen LogP contribution is 2.43. The molecule has 12 rings (SSSR count). The highest BCUT2D eigenvalue weighted by atomic mass is 32.1. The van der Waals surface area contributed by atoms with Gasteiger partial charge in [-0.3, -0.25) is 4.40 Å². The van der Waals surface area contributed by atoms with E-state index >= 15 is 0 Å². The van der Waals surface area contributed by atoms with Gasteiger partial charge in [0, 0.05) is 15.5 Å². The molecule has 4 heteroatoms. The Morgan fingerprint density at radius 1 is 0.571 bits per heavy atom. The number of rotatable bonds is 2. The first-order valence-electron chi connectivity index (χ1n) is 19.7. The van der Waals surface area contributed by atoms with E-state index in [4.69, 9.17) is 4.98 Å². The zero-order valence-electron chi connectivity index (χ0n) is 31.9. The summed E-state index contributed by atoms with van der Waals surface area (Å²) in [5.74, 6) is 0. The molecule has 0 N–H and O–H groups in total. The molecule has 0 radical (unpaired) electrons. The number of hydrogen-bond acceptors (Lipinski definition) is 2. The fraction of sp³-hybridized carbons (Fsp3) is 0.0962. The number of hydrogen-bond donors (Lipinski definition) is 0. The van der Waals surface area contributed by atoms with Crippen molar-refractivity contribution in [3.63, 3.8) is 0 Å². The summed E-state index contributed by atoms with van der Waals surface area (Å²) in [5.41, 5.74) is 18.2. The fourth-order valence-corrected chi connectivity index (χ4v) is 11.5. The van der Waals surface area contributed by atoms with Crippen LogP contribution in [0.4, 0.5) is 0 Å². The number of pyridine rings is 1. The summed E-state index contributed by atoms with van der Waals surface area (Å²) < 4.78 is 4.96. The third-order valence-corrected chi connectivity index (χ3v) is 13.7. The van der Waals surface area contributed by atoms with Crippen molar-refractivity contribution in [2.45, 2.75) is 34.1 Å². The maximum absolute atomic E-state index is 5.48. The number of thiophene rings is 1. The standard InChI is InChI=1S/C52H37BN2S/c1-29-19-31(3)49-39(21-29)25-40-22-30(2)20-32(4)50(40)53(49)41-16-13-34(14-17-41)45-28-43-48-42-12-8-7-9-33(42)15-18-47(48)56-51(43)52-54-44-26-37-23-35-10-5-6-11-36(35)24-38(37)27-46(44)55(45)52/h5-24,26-28H,25H2,1-4H3. The highest BCUT2D eigenvalue weighted by molar-refractivity contribution is 7.26. The predicted molar refractivity (Wildman–Crippen MR) is 243 cm³/mol. The molecule has 0 unspecified atom stereocenters. The molecule has 0 fully saturated rings. The Balaban J connectivity index is 1.13. The normalized spacial score (nSPS) is 12.9. The second-order valence-electron chi connectivity index (χ2n) is 16.2. The molecule has 3 aromatic heterocycles. The lowest BCUT2D eigenvalue weighted by Gasteiger charge is -2.31. The first kappa shape index (κ1) is 32.1. The third kappa shape index (κ3) is 4.60. The van der Waals surface area contributed by atoms with Crippen LogP contribution in [0.15, 0.2) is 140 Å². The van der Waals surface area contributed by atoms with Crippen molar-refractivity contribution in [1.29, 1.82) is 0 Å². The first-order chi connectivity index (χ1) is 27.4. The van der Waals surface area contributed by atoms with Crippen LogP contribution in [0, 0.1) is 27.7 Å². The van der Waals surface area contributed by atoms with Crippen molar-refractivity contribution in [2.75, 3.05) is 0 Å². The van der Waals surface area contributed by atoms with Crippen molar-refractivity contribution >= 4 is 104 Å². The third-order valence-electron chi connectivity index (χ3n) is 12.6. The van der Waals surface area contributed by atoms with Crippen LogP contribution in [0.2, 0.25) is 0 Å². The molecule has 1 aliphatic rings. The van der Waals surface area contributed by atoms with Gasteiger partial charge in [0.1, 0.15) is 0 Å². The van der Waals surface area contributed by atoms with Gasteiger partial charge >= 0.3 is 0 Å². The summed E-state index contributed by atoms with van der Waals surface area (Å²) >= 11 is 1.86. The molecule has 0 bridgehead atoms. The Morgan fingerprint density at radius 3 is 1.91 bits per heavy atom. The molecule has 4 heterocycles. The van der Waals surface area contributed by atoms with E-state index in [0.717, 1.165) is 28.8 Å². The van der Waals surface area contributed by atoms with E-state index in [9.17, 15) is 0 Å². The van der Waals surface area contributed by atoms with Crippen molar-refractivity contribution in [3.05, 3.63) is 173 Å². The van der Waals surface area contributed by atoms with Crippen molar-refractivity contribution in [3.8, 4) is 11.3 Å². The molecule has 264 valence electrons. The number of nitrogens with zero attached hydrogens (tertiary/aromatic N) is 2. The predicted octanol–water partition coefficient (Wildman–Crippen LogP) is 11.6. The summed E-state index contributed by atoms with van der Waals surface area (Å²) in [7, 11) is 0. The van der Waals surface area contributed by atoms with Gasteiger partial charge in [0.25, 0.3) is 0 Å². The minimum Gasteiger partial charge on any atom is -0.291 e. The molecule has 0 aliphatic carbocycles. The van der Waals surface area contributed by atoms with E-state index in [1.807, 2.05) is 11.3 Å².